The maximum Gasteiger partial charge on any atom is 0.0195 e. The predicted octanol–water partition coefficient (Wildman–Crippen LogP) is 2.41. The molecule has 0 amide bonds. The molecule has 3 aliphatic rings. The third kappa shape index (κ3) is 4.14. The van der Waals surface area contributed by atoms with E-state index in [4.69, 9.17) is 0 Å². The Bertz CT molecular complexity index is 311. The van der Waals surface area contributed by atoms with Crippen molar-refractivity contribution in [2.45, 2.75) is 32.7 Å². The van der Waals surface area contributed by atoms with Gasteiger partial charge in [-0.15, -0.1) is 0 Å². The highest BCUT2D eigenvalue weighted by atomic mass is 15.0. The molecule has 0 aromatic heterocycles. The smallest absolute Gasteiger partial charge is 0.0195 e. The van der Waals surface area contributed by atoms with Gasteiger partial charge in [0.25, 0.3) is 0 Å². The second-order valence-electron chi connectivity index (χ2n) is 5.48. The number of piperazine rings is 1. The topological polar surface area (TPSA) is 24.1 Å². The first-order valence-electron chi connectivity index (χ1n) is 6.76. The maximum absolute atomic E-state index is 3.49. The summed E-state index contributed by atoms with van der Waals surface area (Å²) in [5, 5.41) is 6.87. The minimum Gasteiger partial charge on any atom is -0.314 e. The van der Waals surface area contributed by atoms with Crippen molar-refractivity contribution in [3.05, 3.63) is 35.5 Å². The van der Waals surface area contributed by atoms with E-state index in [1.807, 2.05) is 0 Å². The Morgan fingerprint density at radius 3 is 2.24 bits per heavy atom. The van der Waals surface area contributed by atoms with Crippen molar-refractivity contribution in [3.8, 4) is 0 Å². The third-order valence-corrected chi connectivity index (χ3v) is 3.31. The lowest BCUT2D eigenvalue weighted by molar-refractivity contribution is 0.362. The first-order chi connectivity index (χ1) is 8.24. The van der Waals surface area contributed by atoms with Crippen molar-refractivity contribution in [2.24, 2.45) is 5.92 Å². The van der Waals surface area contributed by atoms with Gasteiger partial charge in [0.05, 0.1) is 0 Å². The summed E-state index contributed by atoms with van der Waals surface area (Å²) in [4.78, 5) is 0. The van der Waals surface area contributed by atoms with Crippen LogP contribution in [0.3, 0.4) is 0 Å². The van der Waals surface area contributed by atoms with Crippen LogP contribution in [0, 0.1) is 5.92 Å². The summed E-state index contributed by atoms with van der Waals surface area (Å²) in [6.07, 6.45) is 11.2. The summed E-state index contributed by atoms with van der Waals surface area (Å²) in [6.45, 7) is 7.97. The zero-order valence-electron chi connectivity index (χ0n) is 11.0. The van der Waals surface area contributed by atoms with E-state index in [0.29, 0.717) is 6.04 Å². The van der Waals surface area contributed by atoms with Gasteiger partial charge in [0.1, 0.15) is 0 Å². The summed E-state index contributed by atoms with van der Waals surface area (Å²) in [7, 11) is 0. The Morgan fingerprint density at radius 1 is 1.18 bits per heavy atom. The number of fused-ring (bicyclic) bond motifs is 2. The van der Waals surface area contributed by atoms with Gasteiger partial charge in [-0.3, -0.25) is 0 Å². The molecule has 1 fully saturated rings. The molecule has 2 heteroatoms. The van der Waals surface area contributed by atoms with E-state index in [1.165, 1.54) is 24.0 Å². The molecule has 2 bridgehead atoms. The van der Waals surface area contributed by atoms with Crippen LogP contribution in [0.25, 0.3) is 0 Å². The molecule has 1 saturated heterocycles. The molecule has 1 heterocycles. The lowest BCUT2D eigenvalue weighted by Crippen LogP contribution is -2.48. The average Bonchev–Trinajstić information content (AvgIpc) is 2.94. The lowest BCUT2D eigenvalue weighted by Gasteiger charge is -2.25. The van der Waals surface area contributed by atoms with Gasteiger partial charge in [-0.05, 0) is 29.9 Å². The van der Waals surface area contributed by atoms with Crippen LogP contribution in [0.4, 0.5) is 0 Å². The molecule has 2 N–H and O–H groups in total. The molecule has 0 aromatic rings. The molecule has 0 aromatic carbocycles. The van der Waals surface area contributed by atoms with Gasteiger partial charge in [0.15, 0.2) is 0 Å². The molecule has 0 saturated carbocycles. The van der Waals surface area contributed by atoms with Crippen LogP contribution in [-0.4, -0.2) is 25.7 Å². The molecule has 1 aliphatic heterocycles. The molecule has 0 spiro atoms. The Kier molecular flexibility index (Phi) is 4.57. The van der Waals surface area contributed by atoms with Crippen molar-refractivity contribution < 1.29 is 0 Å². The van der Waals surface area contributed by atoms with E-state index in [-0.39, 0.29) is 0 Å². The van der Waals surface area contributed by atoms with Crippen molar-refractivity contribution in [3.63, 3.8) is 0 Å². The minimum absolute atomic E-state index is 0.716. The molecule has 0 unspecified atom stereocenters. The van der Waals surface area contributed by atoms with Gasteiger partial charge >= 0.3 is 0 Å². The standard InChI is InChI=1S/C8H18N2.C7H6/c1-7(2)5-8-6-9-3-4-10-8;1-2-7-4-3-6(1)5-7/h7-10H,3-6H2,1-2H3;1-4H,5H2/t8-;/m0./s1. The van der Waals surface area contributed by atoms with E-state index in [1.54, 1.807) is 0 Å². The van der Waals surface area contributed by atoms with Crippen molar-refractivity contribution in [1.82, 2.24) is 10.6 Å². The average molecular weight is 232 g/mol. The van der Waals surface area contributed by atoms with Gasteiger partial charge < -0.3 is 10.6 Å². The van der Waals surface area contributed by atoms with Crippen LogP contribution in [0.15, 0.2) is 35.5 Å². The van der Waals surface area contributed by atoms with Crippen LogP contribution < -0.4 is 10.6 Å². The van der Waals surface area contributed by atoms with Gasteiger partial charge in [-0.2, -0.15) is 0 Å². The Labute approximate surface area is 105 Å². The fraction of sp³-hybridized carbons (Fsp3) is 0.600. The second kappa shape index (κ2) is 6.18. The summed E-state index contributed by atoms with van der Waals surface area (Å²) >= 11 is 0. The number of allylic oxidation sites excluding steroid dienone is 6. The van der Waals surface area contributed by atoms with E-state index in [0.717, 1.165) is 25.6 Å². The molecule has 1 atom stereocenters. The third-order valence-electron chi connectivity index (χ3n) is 3.31. The Hall–Kier alpha value is -0.860. The van der Waals surface area contributed by atoms with E-state index in [2.05, 4.69) is 48.8 Å². The lowest BCUT2D eigenvalue weighted by atomic mass is 10.0. The summed E-state index contributed by atoms with van der Waals surface area (Å²) < 4.78 is 0. The maximum atomic E-state index is 3.49. The molecule has 2 aliphatic carbocycles. The highest BCUT2D eigenvalue weighted by molar-refractivity contribution is 5.49. The predicted molar refractivity (Wildman–Crippen MR) is 74.0 cm³/mol. The molecule has 3 rings (SSSR count). The van der Waals surface area contributed by atoms with E-state index in [9.17, 15) is 0 Å². The first kappa shape index (κ1) is 12.6. The number of hydrogen-bond donors (Lipinski definition) is 2. The molecule has 17 heavy (non-hydrogen) atoms. The Morgan fingerprint density at radius 2 is 1.88 bits per heavy atom. The molecular formula is C15H24N2. The van der Waals surface area contributed by atoms with Crippen LogP contribution in [0.5, 0.6) is 0 Å². The summed E-state index contributed by atoms with van der Waals surface area (Å²) in [5.41, 5.74) is 2.94. The zero-order chi connectivity index (χ0) is 12.1. The van der Waals surface area contributed by atoms with Crippen molar-refractivity contribution >= 4 is 0 Å². The minimum atomic E-state index is 0.716. The highest BCUT2D eigenvalue weighted by Crippen LogP contribution is 2.27. The molecule has 0 radical (unpaired) electrons. The van der Waals surface area contributed by atoms with E-state index < -0.39 is 0 Å². The van der Waals surface area contributed by atoms with Gasteiger partial charge in [-0.25, -0.2) is 0 Å². The van der Waals surface area contributed by atoms with Gasteiger partial charge in [0.2, 0.25) is 0 Å². The highest BCUT2D eigenvalue weighted by Gasteiger charge is 2.12. The van der Waals surface area contributed by atoms with Crippen molar-refractivity contribution in [2.75, 3.05) is 19.6 Å². The molecule has 2 nitrogen and oxygen atoms in total. The zero-order valence-corrected chi connectivity index (χ0v) is 11.0. The largest absolute Gasteiger partial charge is 0.314 e. The normalized spacial score (nSPS) is 25.5. The SMILES string of the molecule is C1=CC2=CC=C1C2.CC(C)C[C@H]1CNCCN1. The van der Waals surface area contributed by atoms with Gasteiger partial charge in [-0.1, -0.05) is 38.2 Å². The van der Waals surface area contributed by atoms with Crippen LogP contribution in [-0.2, 0) is 0 Å². The number of rotatable bonds is 2. The molecule has 94 valence electrons. The van der Waals surface area contributed by atoms with Crippen LogP contribution >= 0.6 is 0 Å². The fourth-order valence-corrected chi connectivity index (χ4v) is 2.46. The van der Waals surface area contributed by atoms with Gasteiger partial charge in [0, 0.05) is 25.7 Å². The monoisotopic (exact) mass is 232 g/mol. The first-order valence-corrected chi connectivity index (χ1v) is 6.76. The molecular weight excluding hydrogens is 208 g/mol. The van der Waals surface area contributed by atoms with Crippen LogP contribution in [0.2, 0.25) is 0 Å². The van der Waals surface area contributed by atoms with E-state index >= 15 is 0 Å². The number of nitrogens with one attached hydrogen (secondary N) is 2. The van der Waals surface area contributed by atoms with Crippen molar-refractivity contribution in [1.29, 1.82) is 0 Å². The van der Waals surface area contributed by atoms with Crippen LogP contribution in [0.1, 0.15) is 26.7 Å². The Balaban J connectivity index is 0.000000134. The quantitative estimate of drug-likeness (QED) is 0.764. The fourth-order valence-electron chi connectivity index (χ4n) is 2.46. The summed E-state index contributed by atoms with van der Waals surface area (Å²) in [6, 6.07) is 0.716. The number of hydrogen-bond acceptors (Lipinski definition) is 2. The second-order valence-corrected chi connectivity index (χ2v) is 5.48. The summed E-state index contributed by atoms with van der Waals surface area (Å²) in [5.74, 6) is 0.817.